The van der Waals surface area contributed by atoms with E-state index in [-0.39, 0.29) is 5.91 Å². The summed E-state index contributed by atoms with van der Waals surface area (Å²) in [6, 6.07) is 12.1. The molecular weight excluding hydrogens is 328 g/mol. The van der Waals surface area contributed by atoms with Gasteiger partial charge in [-0.3, -0.25) is 9.78 Å². The highest BCUT2D eigenvalue weighted by molar-refractivity contribution is 9.10. The van der Waals surface area contributed by atoms with Gasteiger partial charge in [-0.15, -0.1) is 0 Å². The number of halogens is 1. The maximum absolute atomic E-state index is 12.9. The minimum Gasteiger partial charge on any atom is -0.330 e. The smallest absolute Gasteiger partial charge is 0.255 e. The van der Waals surface area contributed by atoms with Crippen molar-refractivity contribution in [3.63, 3.8) is 0 Å². The second-order valence-electron chi connectivity index (χ2n) is 5.47. The summed E-state index contributed by atoms with van der Waals surface area (Å²) in [5.41, 5.74) is 2.76. The molecule has 1 saturated carbocycles. The zero-order valence-corrected chi connectivity index (χ0v) is 13.5. The molecule has 1 amide bonds. The molecule has 0 aliphatic heterocycles. The van der Waals surface area contributed by atoms with Crippen LogP contribution in [0.4, 0.5) is 0 Å². The molecule has 0 spiro atoms. The lowest BCUT2D eigenvalue weighted by molar-refractivity contribution is 0.0726. The number of carbonyl (C=O) groups is 1. The van der Waals surface area contributed by atoms with Crippen LogP contribution in [-0.2, 0) is 6.54 Å². The van der Waals surface area contributed by atoms with Gasteiger partial charge >= 0.3 is 0 Å². The van der Waals surface area contributed by atoms with E-state index in [9.17, 15) is 4.79 Å². The van der Waals surface area contributed by atoms with E-state index in [1.807, 2.05) is 48.2 Å². The van der Waals surface area contributed by atoms with E-state index in [4.69, 9.17) is 0 Å². The second-order valence-corrected chi connectivity index (χ2v) is 6.32. The number of carbonyl (C=O) groups excluding carboxylic acids is 1. The number of hydrogen-bond acceptors (Lipinski definition) is 2. The van der Waals surface area contributed by atoms with Crippen molar-refractivity contribution in [3.05, 3.63) is 63.9 Å². The normalized spacial score (nSPS) is 14.0. The third-order valence-corrected chi connectivity index (χ3v) is 4.35. The van der Waals surface area contributed by atoms with Gasteiger partial charge in [-0.1, -0.05) is 17.7 Å². The number of benzene rings is 1. The van der Waals surface area contributed by atoms with E-state index in [1.54, 1.807) is 6.20 Å². The average Bonchev–Trinajstić information content (AvgIpc) is 3.32. The molecule has 1 aliphatic carbocycles. The molecule has 4 heteroatoms. The zero-order valence-electron chi connectivity index (χ0n) is 11.9. The maximum Gasteiger partial charge on any atom is 0.255 e. The van der Waals surface area contributed by atoms with Gasteiger partial charge in [0, 0.05) is 16.7 Å². The number of rotatable bonds is 4. The quantitative estimate of drug-likeness (QED) is 0.840. The van der Waals surface area contributed by atoms with Crippen LogP contribution < -0.4 is 0 Å². The first kappa shape index (κ1) is 14.3. The summed E-state index contributed by atoms with van der Waals surface area (Å²) in [6.45, 7) is 2.58. The number of pyridine rings is 1. The number of aryl methyl sites for hydroxylation is 1. The Morgan fingerprint density at radius 1 is 1.33 bits per heavy atom. The van der Waals surface area contributed by atoms with Gasteiger partial charge in [-0.2, -0.15) is 0 Å². The Hall–Kier alpha value is -1.68. The molecule has 0 bridgehead atoms. The fourth-order valence-electron chi connectivity index (χ4n) is 2.38. The fraction of sp³-hybridized carbons (Fsp3) is 0.294. The Balaban J connectivity index is 1.87. The summed E-state index contributed by atoms with van der Waals surface area (Å²) in [7, 11) is 0. The highest BCUT2D eigenvalue weighted by Crippen LogP contribution is 2.31. The van der Waals surface area contributed by atoms with Gasteiger partial charge in [0.25, 0.3) is 5.91 Å². The van der Waals surface area contributed by atoms with Gasteiger partial charge in [0.15, 0.2) is 0 Å². The van der Waals surface area contributed by atoms with Crippen LogP contribution in [0.3, 0.4) is 0 Å². The molecule has 1 aliphatic rings. The van der Waals surface area contributed by atoms with Gasteiger partial charge in [0.2, 0.25) is 0 Å². The van der Waals surface area contributed by atoms with Crippen LogP contribution in [0, 0.1) is 6.92 Å². The van der Waals surface area contributed by atoms with Crippen molar-refractivity contribution < 1.29 is 4.79 Å². The third kappa shape index (κ3) is 3.32. The van der Waals surface area contributed by atoms with E-state index >= 15 is 0 Å². The largest absolute Gasteiger partial charge is 0.330 e. The van der Waals surface area contributed by atoms with Crippen molar-refractivity contribution >= 4 is 21.8 Å². The van der Waals surface area contributed by atoms with Crippen LogP contribution in [0.15, 0.2) is 47.1 Å². The number of nitrogens with zero attached hydrogens (tertiary/aromatic N) is 2. The van der Waals surface area contributed by atoms with E-state index in [0.717, 1.165) is 34.1 Å². The molecule has 1 aromatic carbocycles. The van der Waals surface area contributed by atoms with Crippen LogP contribution in [0.1, 0.15) is 34.5 Å². The predicted octanol–water partition coefficient (Wildman–Crippen LogP) is 3.96. The van der Waals surface area contributed by atoms with E-state index in [0.29, 0.717) is 12.6 Å². The molecule has 0 N–H and O–H groups in total. The topological polar surface area (TPSA) is 33.2 Å². The van der Waals surface area contributed by atoms with E-state index in [2.05, 4.69) is 20.9 Å². The monoisotopic (exact) mass is 344 g/mol. The first-order valence-electron chi connectivity index (χ1n) is 7.12. The molecule has 21 heavy (non-hydrogen) atoms. The maximum atomic E-state index is 12.9. The molecule has 108 valence electrons. The van der Waals surface area contributed by atoms with E-state index in [1.165, 1.54) is 0 Å². The first-order chi connectivity index (χ1) is 10.1. The van der Waals surface area contributed by atoms with Crippen LogP contribution in [0.25, 0.3) is 0 Å². The lowest BCUT2D eigenvalue weighted by Gasteiger charge is -2.23. The van der Waals surface area contributed by atoms with Crippen molar-refractivity contribution in [1.82, 2.24) is 9.88 Å². The predicted molar refractivity (Wildman–Crippen MR) is 86.0 cm³/mol. The molecule has 1 aromatic heterocycles. The molecule has 0 atom stereocenters. The molecule has 3 rings (SSSR count). The highest BCUT2D eigenvalue weighted by atomic mass is 79.9. The van der Waals surface area contributed by atoms with Gasteiger partial charge in [-0.05, 0) is 60.0 Å². The highest BCUT2D eigenvalue weighted by Gasteiger charge is 2.33. The summed E-state index contributed by atoms with van der Waals surface area (Å²) in [4.78, 5) is 19.2. The van der Waals surface area contributed by atoms with Crippen LogP contribution in [0.2, 0.25) is 0 Å². The number of amides is 1. The summed E-state index contributed by atoms with van der Waals surface area (Å²) in [5.74, 6) is 0.0822. The molecule has 0 saturated heterocycles. The van der Waals surface area contributed by atoms with E-state index < -0.39 is 0 Å². The van der Waals surface area contributed by atoms with Gasteiger partial charge in [0.05, 0.1) is 17.8 Å². The summed E-state index contributed by atoms with van der Waals surface area (Å²) < 4.78 is 0.852. The Morgan fingerprint density at radius 2 is 2.14 bits per heavy atom. The molecule has 1 heterocycles. The first-order valence-corrected chi connectivity index (χ1v) is 7.91. The Bertz CT molecular complexity index is 653. The minimum atomic E-state index is 0.0822. The lowest BCUT2D eigenvalue weighted by Crippen LogP contribution is -2.33. The van der Waals surface area contributed by atoms with Crippen LogP contribution in [0.5, 0.6) is 0 Å². The third-order valence-electron chi connectivity index (χ3n) is 3.66. The second kappa shape index (κ2) is 5.98. The average molecular weight is 345 g/mol. The molecule has 2 aromatic rings. The summed E-state index contributed by atoms with van der Waals surface area (Å²) in [5, 5.41) is 0. The van der Waals surface area contributed by atoms with Gasteiger partial charge < -0.3 is 4.90 Å². The Morgan fingerprint density at radius 3 is 2.81 bits per heavy atom. The Labute approximate surface area is 133 Å². The van der Waals surface area contributed by atoms with Crippen molar-refractivity contribution in [3.8, 4) is 0 Å². The van der Waals surface area contributed by atoms with Crippen molar-refractivity contribution in [2.75, 3.05) is 0 Å². The zero-order chi connectivity index (χ0) is 14.8. The van der Waals surface area contributed by atoms with Crippen molar-refractivity contribution in [2.45, 2.75) is 32.4 Å². The molecule has 0 radical (unpaired) electrons. The molecule has 3 nitrogen and oxygen atoms in total. The molecular formula is C17H17BrN2O. The standard InChI is InChI=1S/C17H17BrN2O/c1-12-5-8-16(18)15(10-12)17(21)20(14-6-7-14)11-13-4-2-3-9-19-13/h2-5,8-10,14H,6-7,11H2,1H3. The van der Waals surface area contributed by atoms with Gasteiger partial charge in [-0.25, -0.2) is 0 Å². The Kier molecular flexibility index (Phi) is 4.06. The molecule has 0 unspecified atom stereocenters. The lowest BCUT2D eigenvalue weighted by atomic mass is 10.1. The number of hydrogen-bond donors (Lipinski definition) is 0. The number of aromatic nitrogens is 1. The van der Waals surface area contributed by atoms with Crippen LogP contribution in [-0.4, -0.2) is 21.8 Å². The summed E-state index contributed by atoms with van der Waals surface area (Å²) >= 11 is 3.49. The van der Waals surface area contributed by atoms with Crippen LogP contribution >= 0.6 is 15.9 Å². The summed E-state index contributed by atoms with van der Waals surface area (Å²) in [6.07, 6.45) is 3.94. The van der Waals surface area contributed by atoms with Crippen molar-refractivity contribution in [2.24, 2.45) is 0 Å². The minimum absolute atomic E-state index is 0.0822. The molecule has 1 fully saturated rings. The SMILES string of the molecule is Cc1ccc(Br)c(C(=O)N(Cc2ccccn2)C2CC2)c1. The fourth-order valence-corrected chi connectivity index (χ4v) is 2.79. The van der Waals surface area contributed by atoms with Gasteiger partial charge in [0.1, 0.15) is 0 Å². The van der Waals surface area contributed by atoms with Crippen molar-refractivity contribution in [1.29, 1.82) is 0 Å².